The number of carbonyl (C=O) groups excluding carboxylic acids is 1. The fourth-order valence-electron chi connectivity index (χ4n) is 3.45. The molecule has 2 aliphatic heterocycles. The topological polar surface area (TPSA) is 69.7 Å². The maximum atomic E-state index is 12.3. The van der Waals surface area contributed by atoms with Gasteiger partial charge in [-0.2, -0.15) is 0 Å². The lowest BCUT2D eigenvalue weighted by molar-refractivity contribution is 0.0946. The Morgan fingerprint density at radius 3 is 2.62 bits per heavy atom. The first-order valence-corrected chi connectivity index (χ1v) is 10.4. The number of rotatable bonds is 5. The summed E-state index contributed by atoms with van der Waals surface area (Å²) in [4.78, 5) is 14.7. The molecule has 1 aromatic rings. The van der Waals surface area contributed by atoms with Crippen LogP contribution in [0.4, 0.5) is 5.69 Å². The van der Waals surface area contributed by atoms with Gasteiger partial charge in [-0.15, -0.1) is 0 Å². The summed E-state index contributed by atoms with van der Waals surface area (Å²) in [6, 6.07) is 5.33. The number of sulfonamides is 1. The molecule has 0 unspecified atom stereocenters. The van der Waals surface area contributed by atoms with Crippen LogP contribution in [-0.2, 0) is 16.4 Å². The molecule has 132 valence electrons. The molecule has 6 nitrogen and oxygen atoms in total. The molecule has 3 rings (SSSR count). The van der Waals surface area contributed by atoms with Gasteiger partial charge in [-0.25, -0.2) is 8.42 Å². The van der Waals surface area contributed by atoms with Crippen LogP contribution in [0.1, 0.15) is 35.2 Å². The molecule has 2 heterocycles. The molecule has 0 saturated carbocycles. The van der Waals surface area contributed by atoms with Gasteiger partial charge in [0, 0.05) is 25.2 Å². The summed E-state index contributed by atoms with van der Waals surface area (Å²) in [6.07, 6.45) is 5.67. The molecule has 0 spiro atoms. The molecule has 2 aliphatic rings. The number of amides is 1. The van der Waals surface area contributed by atoms with Gasteiger partial charge in [-0.1, -0.05) is 12.5 Å². The van der Waals surface area contributed by atoms with Gasteiger partial charge < -0.3 is 10.2 Å². The van der Waals surface area contributed by atoms with E-state index >= 15 is 0 Å². The predicted octanol–water partition coefficient (Wildman–Crippen LogP) is 1.22. The van der Waals surface area contributed by atoms with Crippen molar-refractivity contribution in [3.8, 4) is 0 Å². The SMILES string of the molecule is CS(=O)(=O)N1CCc2ccc(C(=O)NCCN3CCCCC3)cc21. The quantitative estimate of drug-likeness (QED) is 0.866. The summed E-state index contributed by atoms with van der Waals surface area (Å²) in [5.74, 6) is -0.143. The number of piperidine rings is 1. The van der Waals surface area contributed by atoms with E-state index in [4.69, 9.17) is 0 Å². The van der Waals surface area contributed by atoms with Crippen molar-refractivity contribution >= 4 is 21.6 Å². The third kappa shape index (κ3) is 3.89. The Morgan fingerprint density at radius 2 is 1.92 bits per heavy atom. The van der Waals surface area contributed by atoms with E-state index in [9.17, 15) is 13.2 Å². The van der Waals surface area contributed by atoms with Crippen molar-refractivity contribution in [3.63, 3.8) is 0 Å². The van der Waals surface area contributed by atoms with Gasteiger partial charge in [-0.3, -0.25) is 9.10 Å². The molecule has 0 aliphatic carbocycles. The van der Waals surface area contributed by atoms with E-state index in [1.165, 1.54) is 29.8 Å². The summed E-state index contributed by atoms with van der Waals surface area (Å²) in [5, 5.41) is 2.94. The Bertz CT molecular complexity index is 712. The van der Waals surface area contributed by atoms with Crippen molar-refractivity contribution in [1.82, 2.24) is 10.2 Å². The van der Waals surface area contributed by atoms with E-state index in [0.29, 0.717) is 30.8 Å². The largest absolute Gasteiger partial charge is 0.351 e. The molecule has 24 heavy (non-hydrogen) atoms. The van der Waals surface area contributed by atoms with Crippen LogP contribution in [0.15, 0.2) is 18.2 Å². The zero-order chi connectivity index (χ0) is 17.2. The van der Waals surface area contributed by atoms with Crippen molar-refractivity contribution in [1.29, 1.82) is 0 Å². The zero-order valence-electron chi connectivity index (χ0n) is 14.1. The number of carbonyl (C=O) groups is 1. The minimum atomic E-state index is -3.29. The molecule has 0 aromatic heterocycles. The first kappa shape index (κ1) is 17.2. The van der Waals surface area contributed by atoms with Crippen LogP contribution in [0.5, 0.6) is 0 Å². The molecule has 1 N–H and O–H groups in total. The zero-order valence-corrected chi connectivity index (χ0v) is 14.9. The molecule has 1 aromatic carbocycles. The van der Waals surface area contributed by atoms with E-state index in [0.717, 1.165) is 25.2 Å². The lowest BCUT2D eigenvalue weighted by Crippen LogP contribution is -2.37. The van der Waals surface area contributed by atoms with Gasteiger partial charge in [0.25, 0.3) is 5.91 Å². The number of nitrogens with zero attached hydrogens (tertiary/aromatic N) is 2. The van der Waals surface area contributed by atoms with Gasteiger partial charge in [0.2, 0.25) is 10.0 Å². The smallest absolute Gasteiger partial charge is 0.251 e. The van der Waals surface area contributed by atoms with Gasteiger partial charge in [0.15, 0.2) is 0 Å². The van der Waals surface area contributed by atoms with Crippen LogP contribution in [-0.4, -0.2) is 58.2 Å². The number of benzene rings is 1. The highest BCUT2D eigenvalue weighted by molar-refractivity contribution is 7.92. The molecule has 0 atom stereocenters. The Labute approximate surface area is 143 Å². The van der Waals surface area contributed by atoms with E-state index in [1.54, 1.807) is 12.1 Å². The number of hydrogen-bond donors (Lipinski definition) is 1. The number of likely N-dealkylation sites (tertiary alicyclic amines) is 1. The van der Waals surface area contributed by atoms with Crippen molar-refractivity contribution in [2.75, 3.05) is 43.3 Å². The van der Waals surface area contributed by atoms with Crippen LogP contribution in [0, 0.1) is 0 Å². The minimum Gasteiger partial charge on any atom is -0.351 e. The first-order chi connectivity index (χ1) is 11.4. The highest BCUT2D eigenvalue weighted by Gasteiger charge is 2.27. The highest BCUT2D eigenvalue weighted by atomic mass is 32.2. The Kier molecular flexibility index (Phi) is 5.10. The minimum absolute atomic E-state index is 0.143. The average molecular weight is 351 g/mol. The lowest BCUT2D eigenvalue weighted by atomic mass is 10.1. The Morgan fingerprint density at radius 1 is 1.17 bits per heavy atom. The summed E-state index contributed by atoms with van der Waals surface area (Å²) < 4.78 is 25.1. The van der Waals surface area contributed by atoms with Crippen LogP contribution in [0.25, 0.3) is 0 Å². The third-order valence-electron chi connectivity index (χ3n) is 4.76. The molecule has 1 saturated heterocycles. The summed E-state index contributed by atoms with van der Waals surface area (Å²) in [6.45, 7) is 4.15. The molecule has 7 heteroatoms. The van der Waals surface area contributed by atoms with Crippen LogP contribution < -0.4 is 9.62 Å². The molecule has 1 fully saturated rings. The van der Waals surface area contributed by atoms with E-state index in [1.807, 2.05) is 6.07 Å². The second-order valence-electron chi connectivity index (χ2n) is 6.59. The fraction of sp³-hybridized carbons (Fsp3) is 0.588. The normalized spacial score (nSPS) is 18.5. The molecule has 1 amide bonds. The second kappa shape index (κ2) is 7.11. The number of hydrogen-bond acceptors (Lipinski definition) is 4. The number of nitrogens with one attached hydrogen (secondary N) is 1. The maximum Gasteiger partial charge on any atom is 0.251 e. The maximum absolute atomic E-state index is 12.3. The Balaban J connectivity index is 1.61. The monoisotopic (exact) mass is 351 g/mol. The average Bonchev–Trinajstić information content (AvgIpc) is 2.99. The molecule has 0 bridgehead atoms. The van der Waals surface area contributed by atoms with Gasteiger partial charge in [0.05, 0.1) is 11.9 Å². The summed E-state index contributed by atoms with van der Waals surface area (Å²) in [5.41, 5.74) is 2.13. The van der Waals surface area contributed by atoms with Crippen molar-refractivity contribution in [2.24, 2.45) is 0 Å². The summed E-state index contributed by atoms with van der Waals surface area (Å²) >= 11 is 0. The van der Waals surface area contributed by atoms with E-state index < -0.39 is 10.0 Å². The van der Waals surface area contributed by atoms with Crippen LogP contribution >= 0.6 is 0 Å². The second-order valence-corrected chi connectivity index (χ2v) is 8.49. The number of anilines is 1. The molecule has 0 radical (unpaired) electrons. The van der Waals surface area contributed by atoms with E-state index in [2.05, 4.69) is 10.2 Å². The molecular weight excluding hydrogens is 326 g/mol. The van der Waals surface area contributed by atoms with E-state index in [-0.39, 0.29) is 5.91 Å². The van der Waals surface area contributed by atoms with Gasteiger partial charge in [-0.05, 0) is 50.0 Å². The van der Waals surface area contributed by atoms with Crippen molar-refractivity contribution < 1.29 is 13.2 Å². The number of fused-ring (bicyclic) bond motifs is 1. The van der Waals surface area contributed by atoms with Gasteiger partial charge >= 0.3 is 0 Å². The Hall–Kier alpha value is -1.60. The fourth-order valence-corrected chi connectivity index (χ4v) is 4.40. The lowest BCUT2D eigenvalue weighted by Gasteiger charge is -2.26. The van der Waals surface area contributed by atoms with Gasteiger partial charge in [0.1, 0.15) is 0 Å². The van der Waals surface area contributed by atoms with Crippen LogP contribution in [0.2, 0.25) is 0 Å². The highest BCUT2D eigenvalue weighted by Crippen LogP contribution is 2.30. The molecular formula is C17H25N3O3S. The summed E-state index contributed by atoms with van der Waals surface area (Å²) in [7, 11) is -3.29. The van der Waals surface area contributed by atoms with Crippen molar-refractivity contribution in [3.05, 3.63) is 29.3 Å². The van der Waals surface area contributed by atoms with Crippen LogP contribution in [0.3, 0.4) is 0 Å². The third-order valence-corrected chi connectivity index (χ3v) is 5.94. The first-order valence-electron chi connectivity index (χ1n) is 8.56. The van der Waals surface area contributed by atoms with Crippen molar-refractivity contribution in [2.45, 2.75) is 25.7 Å². The standard InChI is InChI=1S/C17H25N3O3S/c1-24(22,23)20-11-7-14-5-6-15(13-16(14)20)17(21)18-8-12-19-9-3-2-4-10-19/h5-6,13H,2-4,7-12H2,1H3,(H,18,21). The predicted molar refractivity (Wildman–Crippen MR) is 95.0 cm³/mol.